The van der Waals surface area contributed by atoms with Crippen LogP contribution < -0.4 is 14.4 Å². The minimum Gasteiger partial charge on any atom is -0.437 e. The van der Waals surface area contributed by atoms with Gasteiger partial charge in [-0.1, -0.05) is 23.7 Å². The standard InChI is InChI=1S/C26H22ClFN6O3S/c1-15-25-22(32-31-15)13-21(30-26(25)37-19-9-11-24(29-14-19)34(2)3)16-4-7-18(8-5-16)33-38(35,36)23-12-17(27)6-10-20(23)28/h4-14,33H,1-3H3,(H,31,32). The van der Waals surface area contributed by atoms with E-state index in [4.69, 9.17) is 21.3 Å². The van der Waals surface area contributed by atoms with Crippen molar-refractivity contribution in [2.24, 2.45) is 0 Å². The number of hydrogen-bond acceptors (Lipinski definition) is 7. The van der Waals surface area contributed by atoms with Crippen molar-refractivity contribution < 1.29 is 17.5 Å². The lowest BCUT2D eigenvalue weighted by molar-refractivity contribution is 0.467. The number of hydrogen-bond donors (Lipinski definition) is 2. The van der Waals surface area contributed by atoms with Crippen LogP contribution in [0.25, 0.3) is 22.2 Å². The zero-order chi connectivity index (χ0) is 27.0. The molecule has 12 heteroatoms. The summed E-state index contributed by atoms with van der Waals surface area (Å²) in [6.45, 7) is 1.88. The third kappa shape index (κ3) is 5.11. The summed E-state index contributed by atoms with van der Waals surface area (Å²) in [7, 11) is -0.386. The molecule has 9 nitrogen and oxygen atoms in total. The zero-order valence-corrected chi connectivity index (χ0v) is 22.1. The van der Waals surface area contributed by atoms with Crippen LogP contribution in [0.1, 0.15) is 5.69 Å². The molecule has 0 amide bonds. The predicted molar refractivity (Wildman–Crippen MR) is 145 cm³/mol. The summed E-state index contributed by atoms with van der Waals surface area (Å²) in [6, 6.07) is 15.3. The highest BCUT2D eigenvalue weighted by molar-refractivity contribution is 7.92. The summed E-state index contributed by atoms with van der Waals surface area (Å²) in [4.78, 5) is 10.4. The summed E-state index contributed by atoms with van der Waals surface area (Å²) < 4.78 is 48.0. The van der Waals surface area contributed by atoms with Crippen molar-refractivity contribution in [2.45, 2.75) is 11.8 Å². The van der Waals surface area contributed by atoms with Crippen molar-refractivity contribution in [3.05, 3.63) is 83.4 Å². The molecule has 0 radical (unpaired) electrons. The highest BCUT2D eigenvalue weighted by Gasteiger charge is 2.20. The Morgan fingerprint density at radius 3 is 2.50 bits per heavy atom. The molecule has 0 bridgehead atoms. The molecule has 0 spiro atoms. The lowest BCUT2D eigenvalue weighted by Gasteiger charge is -2.13. The van der Waals surface area contributed by atoms with Crippen molar-refractivity contribution in [3.8, 4) is 22.9 Å². The lowest BCUT2D eigenvalue weighted by Crippen LogP contribution is -2.14. The molecule has 0 saturated heterocycles. The maximum absolute atomic E-state index is 14.1. The van der Waals surface area contributed by atoms with Crippen LogP contribution >= 0.6 is 11.6 Å². The van der Waals surface area contributed by atoms with Crippen molar-refractivity contribution >= 4 is 44.0 Å². The molecule has 2 aromatic carbocycles. The molecule has 0 saturated carbocycles. The van der Waals surface area contributed by atoms with Crippen LogP contribution in [-0.4, -0.2) is 42.7 Å². The Morgan fingerprint density at radius 1 is 1.05 bits per heavy atom. The Morgan fingerprint density at radius 2 is 1.82 bits per heavy atom. The van der Waals surface area contributed by atoms with Gasteiger partial charge in [0.25, 0.3) is 10.0 Å². The van der Waals surface area contributed by atoms with Crippen molar-refractivity contribution in [2.75, 3.05) is 23.7 Å². The van der Waals surface area contributed by atoms with Crippen LogP contribution in [0.2, 0.25) is 5.02 Å². The quantitative estimate of drug-likeness (QED) is 0.263. The van der Waals surface area contributed by atoms with Crippen LogP contribution in [0, 0.1) is 12.7 Å². The number of sulfonamides is 1. The van der Waals surface area contributed by atoms with E-state index in [9.17, 15) is 12.8 Å². The number of anilines is 2. The first-order chi connectivity index (χ1) is 18.1. The van der Waals surface area contributed by atoms with E-state index in [1.165, 1.54) is 6.07 Å². The minimum atomic E-state index is -4.19. The monoisotopic (exact) mass is 552 g/mol. The number of aromatic nitrogens is 4. The molecule has 0 aliphatic heterocycles. The number of nitrogens with zero attached hydrogens (tertiary/aromatic N) is 4. The topological polar surface area (TPSA) is 113 Å². The highest BCUT2D eigenvalue weighted by atomic mass is 35.5. The fourth-order valence-corrected chi connectivity index (χ4v) is 5.18. The molecule has 5 aromatic rings. The Labute approximate surface area is 223 Å². The molecule has 0 aliphatic rings. The Kier molecular flexibility index (Phi) is 6.64. The van der Waals surface area contributed by atoms with Gasteiger partial charge in [-0.2, -0.15) is 5.10 Å². The van der Waals surface area contributed by atoms with Crippen LogP contribution in [0.5, 0.6) is 11.6 Å². The van der Waals surface area contributed by atoms with Gasteiger partial charge in [-0.05, 0) is 55.5 Å². The average molecular weight is 553 g/mol. The smallest absolute Gasteiger partial charge is 0.264 e. The van der Waals surface area contributed by atoms with Gasteiger partial charge in [-0.15, -0.1) is 0 Å². The average Bonchev–Trinajstić information content (AvgIpc) is 3.26. The second kappa shape index (κ2) is 9.92. The third-order valence-corrected chi connectivity index (χ3v) is 7.33. The number of fused-ring (bicyclic) bond motifs is 1. The second-order valence-electron chi connectivity index (χ2n) is 8.66. The van der Waals surface area contributed by atoms with E-state index in [1.807, 2.05) is 38.1 Å². The Hall–Kier alpha value is -4.22. The maximum Gasteiger partial charge on any atom is 0.264 e. The van der Waals surface area contributed by atoms with Gasteiger partial charge in [0.05, 0.1) is 22.8 Å². The summed E-state index contributed by atoms with van der Waals surface area (Å²) in [5.41, 5.74) is 2.95. The zero-order valence-electron chi connectivity index (χ0n) is 20.5. The fourth-order valence-electron chi connectivity index (χ4n) is 3.78. The van der Waals surface area contributed by atoms with Gasteiger partial charge < -0.3 is 9.64 Å². The summed E-state index contributed by atoms with van der Waals surface area (Å²) in [5, 5.41) is 8.15. The molecule has 0 aliphatic carbocycles. The van der Waals surface area contributed by atoms with E-state index in [1.54, 1.807) is 36.5 Å². The number of aromatic amines is 1. The molecular weight excluding hydrogens is 531 g/mol. The molecule has 0 atom stereocenters. The molecular formula is C26H22ClFN6O3S. The molecule has 5 rings (SSSR count). The van der Waals surface area contributed by atoms with E-state index in [0.29, 0.717) is 28.4 Å². The molecule has 0 unspecified atom stereocenters. The van der Waals surface area contributed by atoms with Crippen LogP contribution in [0.15, 0.2) is 71.8 Å². The van der Waals surface area contributed by atoms with Gasteiger partial charge in [0, 0.05) is 36.1 Å². The van der Waals surface area contributed by atoms with Gasteiger partial charge in [-0.3, -0.25) is 9.82 Å². The van der Waals surface area contributed by atoms with E-state index >= 15 is 0 Å². The normalized spacial score (nSPS) is 11.5. The number of nitrogens with one attached hydrogen (secondary N) is 2. The minimum absolute atomic E-state index is 0.111. The van der Waals surface area contributed by atoms with E-state index in [0.717, 1.165) is 29.0 Å². The third-order valence-electron chi connectivity index (χ3n) is 5.69. The Balaban J connectivity index is 1.45. The van der Waals surface area contributed by atoms with Crippen LogP contribution in [0.4, 0.5) is 15.9 Å². The number of rotatable bonds is 7. The van der Waals surface area contributed by atoms with Gasteiger partial charge in [0.1, 0.15) is 22.3 Å². The van der Waals surface area contributed by atoms with Crippen molar-refractivity contribution in [1.82, 2.24) is 20.2 Å². The van der Waals surface area contributed by atoms with Gasteiger partial charge in [0.15, 0.2) is 0 Å². The number of aryl methyl sites for hydroxylation is 1. The lowest BCUT2D eigenvalue weighted by atomic mass is 10.1. The molecule has 2 N–H and O–H groups in total. The summed E-state index contributed by atoms with van der Waals surface area (Å²) in [6.07, 6.45) is 1.62. The second-order valence-corrected chi connectivity index (χ2v) is 10.7. The molecule has 38 heavy (non-hydrogen) atoms. The number of ether oxygens (including phenoxy) is 1. The maximum atomic E-state index is 14.1. The van der Waals surface area contributed by atoms with E-state index in [2.05, 4.69) is 19.9 Å². The SMILES string of the molecule is Cc1[nH]nc2cc(-c3ccc(NS(=O)(=O)c4cc(Cl)ccc4F)cc3)nc(Oc3ccc(N(C)C)nc3)c12. The number of benzene rings is 2. The number of pyridine rings is 2. The Bertz CT molecular complexity index is 1740. The van der Waals surface area contributed by atoms with Gasteiger partial charge in [-0.25, -0.2) is 22.8 Å². The van der Waals surface area contributed by atoms with Gasteiger partial charge >= 0.3 is 0 Å². The number of halogens is 2. The molecule has 194 valence electrons. The first-order valence-corrected chi connectivity index (χ1v) is 13.2. The molecule has 3 aromatic heterocycles. The molecule has 3 heterocycles. The first-order valence-electron chi connectivity index (χ1n) is 11.4. The number of H-pyrrole nitrogens is 1. The van der Waals surface area contributed by atoms with E-state index < -0.39 is 20.7 Å². The van der Waals surface area contributed by atoms with Crippen LogP contribution in [-0.2, 0) is 10.0 Å². The van der Waals surface area contributed by atoms with Gasteiger partial charge in [0.2, 0.25) is 5.88 Å². The van der Waals surface area contributed by atoms with Crippen LogP contribution in [0.3, 0.4) is 0 Å². The van der Waals surface area contributed by atoms with Crippen molar-refractivity contribution in [1.29, 1.82) is 0 Å². The molecule has 0 fully saturated rings. The highest BCUT2D eigenvalue weighted by Crippen LogP contribution is 2.34. The van der Waals surface area contributed by atoms with E-state index in [-0.39, 0.29) is 10.7 Å². The predicted octanol–water partition coefficient (Wildman–Crippen LogP) is 5.78. The summed E-state index contributed by atoms with van der Waals surface area (Å²) in [5.74, 6) is 0.756. The fraction of sp³-hybridized carbons (Fsp3) is 0.115. The first kappa shape index (κ1) is 25.4. The largest absolute Gasteiger partial charge is 0.437 e. The van der Waals surface area contributed by atoms with Crippen molar-refractivity contribution in [3.63, 3.8) is 0 Å². The summed E-state index contributed by atoms with van der Waals surface area (Å²) >= 11 is 5.85.